The Kier molecular flexibility index (Phi) is 4.64. The molecule has 1 aliphatic rings. The number of nitrogens with zero attached hydrogens (tertiary/aromatic N) is 5. The summed E-state index contributed by atoms with van der Waals surface area (Å²) in [4.78, 5) is 9.50. The average Bonchev–Trinajstić information content (AvgIpc) is 3.14. The smallest absolute Gasteiger partial charge is 0.243 e. The van der Waals surface area contributed by atoms with Gasteiger partial charge in [0.25, 0.3) is 0 Å². The van der Waals surface area contributed by atoms with E-state index in [1.54, 1.807) is 42.3 Å². The first-order valence-corrected chi connectivity index (χ1v) is 10.3. The zero-order valence-electron chi connectivity index (χ0n) is 16.0. The normalized spacial score (nSPS) is 14.7. The molecule has 146 valence electrons. The molecular weight excluding hydrogens is 378 g/mol. The summed E-state index contributed by atoms with van der Waals surface area (Å²) in [5.74, 6) is 1.24. The number of aryl methyl sites for hydroxylation is 2. The average molecular weight is 399 g/mol. The van der Waals surface area contributed by atoms with Crippen LogP contribution in [0, 0.1) is 6.92 Å². The van der Waals surface area contributed by atoms with Crippen LogP contribution in [0.2, 0.25) is 0 Å². The highest BCUT2D eigenvalue weighted by Gasteiger charge is 2.30. The van der Waals surface area contributed by atoms with Gasteiger partial charge in [0.2, 0.25) is 10.0 Å². The Morgan fingerprint density at radius 3 is 2.54 bits per heavy atom. The van der Waals surface area contributed by atoms with Crippen LogP contribution in [-0.4, -0.2) is 46.1 Å². The molecule has 0 unspecified atom stereocenters. The Morgan fingerprint density at radius 1 is 1.14 bits per heavy atom. The van der Waals surface area contributed by atoms with E-state index in [1.165, 1.54) is 4.31 Å². The van der Waals surface area contributed by atoms with Crippen molar-refractivity contribution in [2.24, 2.45) is 7.05 Å². The van der Waals surface area contributed by atoms with Gasteiger partial charge in [0.1, 0.15) is 5.75 Å². The van der Waals surface area contributed by atoms with E-state index < -0.39 is 10.0 Å². The highest BCUT2D eigenvalue weighted by atomic mass is 32.2. The van der Waals surface area contributed by atoms with Gasteiger partial charge in [-0.1, -0.05) is 0 Å². The zero-order valence-corrected chi connectivity index (χ0v) is 16.8. The quantitative estimate of drug-likeness (QED) is 0.666. The van der Waals surface area contributed by atoms with Gasteiger partial charge in [-0.15, -0.1) is 0 Å². The molecule has 9 heteroatoms. The molecule has 0 radical (unpaired) electrons. The monoisotopic (exact) mass is 399 g/mol. The summed E-state index contributed by atoms with van der Waals surface area (Å²) < 4.78 is 34.4. The van der Waals surface area contributed by atoms with Gasteiger partial charge in [-0.3, -0.25) is 4.68 Å². The highest BCUT2D eigenvalue weighted by molar-refractivity contribution is 7.89. The van der Waals surface area contributed by atoms with Crippen LogP contribution in [0.15, 0.2) is 41.6 Å². The molecule has 8 nitrogen and oxygen atoms in total. The number of hydrogen-bond donors (Lipinski definition) is 0. The number of rotatable bonds is 4. The van der Waals surface area contributed by atoms with Crippen molar-refractivity contribution in [2.45, 2.75) is 24.8 Å². The van der Waals surface area contributed by atoms with Gasteiger partial charge in [-0.25, -0.2) is 18.4 Å². The number of benzene rings is 1. The molecule has 3 aromatic rings. The fourth-order valence-electron chi connectivity index (χ4n) is 3.32. The van der Waals surface area contributed by atoms with Gasteiger partial charge in [0, 0.05) is 44.0 Å². The van der Waals surface area contributed by atoms with Crippen LogP contribution in [-0.2, 0) is 30.0 Å². The van der Waals surface area contributed by atoms with Gasteiger partial charge in [-0.05, 0) is 31.2 Å². The molecule has 4 rings (SSSR count). The molecule has 0 atom stereocenters. The predicted octanol–water partition coefficient (Wildman–Crippen LogP) is 1.94. The minimum absolute atomic E-state index is 0.252. The fraction of sp³-hybridized carbons (Fsp3) is 0.316. The Morgan fingerprint density at radius 2 is 1.89 bits per heavy atom. The molecule has 0 amide bonds. The van der Waals surface area contributed by atoms with Crippen molar-refractivity contribution in [3.05, 3.63) is 53.6 Å². The molecule has 0 aliphatic carbocycles. The summed E-state index contributed by atoms with van der Waals surface area (Å²) in [6.07, 6.45) is 4.14. The fourth-order valence-corrected chi connectivity index (χ4v) is 4.73. The molecule has 0 spiro atoms. The van der Waals surface area contributed by atoms with Crippen LogP contribution in [0.1, 0.15) is 17.0 Å². The lowest BCUT2D eigenvalue weighted by Crippen LogP contribution is -2.37. The second-order valence-electron chi connectivity index (χ2n) is 6.72. The Labute approximate surface area is 163 Å². The lowest BCUT2D eigenvalue weighted by atomic mass is 10.1. The van der Waals surface area contributed by atoms with E-state index in [4.69, 9.17) is 4.74 Å². The second-order valence-corrected chi connectivity index (χ2v) is 8.66. The van der Waals surface area contributed by atoms with Gasteiger partial charge in [0.05, 0.1) is 29.5 Å². The summed E-state index contributed by atoms with van der Waals surface area (Å²) in [6.45, 7) is 2.54. The summed E-state index contributed by atoms with van der Waals surface area (Å²) >= 11 is 0. The van der Waals surface area contributed by atoms with Gasteiger partial charge >= 0.3 is 0 Å². The minimum Gasteiger partial charge on any atom is -0.497 e. The minimum atomic E-state index is -3.60. The molecule has 0 N–H and O–H groups in total. The number of methoxy groups -OCH3 is 1. The van der Waals surface area contributed by atoms with E-state index in [-0.39, 0.29) is 11.4 Å². The van der Waals surface area contributed by atoms with Crippen molar-refractivity contribution < 1.29 is 13.2 Å². The second kappa shape index (κ2) is 6.99. The van der Waals surface area contributed by atoms with E-state index >= 15 is 0 Å². The van der Waals surface area contributed by atoms with Crippen LogP contribution >= 0.6 is 0 Å². The lowest BCUT2D eigenvalue weighted by molar-refractivity contribution is 0.385. The van der Waals surface area contributed by atoms with Gasteiger partial charge in [-0.2, -0.15) is 9.40 Å². The molecule has 0 saturated heterocycles. The first-order valence-electron chi connectivity index (χ1n) is 8.88. The van der Waals surface area contributed by atoms with E-state index in [1.807, 2.05) is 20.2 Å². The zero-order chi connectivity index (χ0) is 19.9. The highest BCUT2D eigenvalue weighted by Crippen LogP contribution is 2.28. The largest absolute Gasteiger partial charge is 0.497 e. The molecule has 0 bridgehead atoms. The summed E-state index contributed by atoms with van der Waals surface area (Å²) in [5, 5.41) is 4.17. The topological polar surface area (TPSA) is 90.2 Å². The third kappa shape index (κ3) is 3.27. The Balaban J connectivity index is 1.64. The Bertz CT molecular complexity index is 1120. The van der Waals surface area contributed by atoms with E-state index in [0.717, 1.165) is 22.5 Å². The number of aromatic nitrogens is 4. The third-order valence-electron chi connectivity index (χ3n) is 4.89. The van der Waals surface area contributed by atoms with E-state index in [2.05, 4.69) is 15.1 Å². The Hall–Kier alpha value is -2.78. The standard InChI is InChI=1S/C19H21N5O3S/c1-13-17-12-24(28(25,26)16-6-4-15(27-3)5-7-16)9-8-18(17)22-19(21-13)14-10-20-23(2)11-14/h4-7,10-11H,8-9,12H2,1-3H3. The van der Waals surface area contributed by atoms with Crippen molar-refractivity contribution in [1.29, 1.82) is 0 Å². The van der Waals surface area contributed by atoms with E-state index in [0.29, 0.717) is 24.5 Å². The number of hydrogen-bond acceptors (Lipinski definition) is 6. The van der Waals surface area contributed by atoms with Crippen molar-refractivity contribution in [3.63, 3.8) is 0 Å². The molecule has 0 saturated carbocycles. The molecule has 28 heavy (non-hydrogen) atoms. The lowest BCUT2D eigenvalue weighted by Gasteiger charge is -2.28. The maximum atomic E-state index is 13.0. The molecular formula is C19H21N5O3S. The van der Waals surface area contributed by atoms with Gasteiger partial charge < -0.3 is 4.74 Å². The molecule has 1 aromatic carbocycles. The van der Waals surface area contributed by atoms with Gasteiger partial charge in [0.15, 0.2) is 5.82 Å². The summed E-state index contributed by atoms with van der Waals surface area (Å²) in [5.41, 5.74) is 3.41. The summed E-state index contributed by atoms with van der Waals surface area (Å²) in [6, 6.07) is 6.44. The number of ether oxygens (including phenoxy) is 1. The first-order chi connectivity index (χ1) is 13.4. The number of fused-ring (bicyclic) bond motifs is 1. The van der Waals surface area contributed by atoms with Crippen molar-refractivity contribution in [2.75, 3.05) is 13.7 Å². The van der Waals surface area contributed by atoms with Crippen LogP contribution in [0.25, 0.3) is 11.4 Å². The molecule has 0 fully saturated rings. The summed E-state index contributed by atoms with van der Waals surface area (Å²) in [7, 11) is -0.203. The van der Waals surface area contributed by atoms with Crippen molar-refractivity contribution in [3.8, 4) is 17.1 Å². The molecule has 3 heterocycles. The van der Waals surface area contributed by atoms with Crippen molar-refractivity contribution >= 4 is 10.0 Å². The third-order valence-corrected chi connectivity index (χ3v) is 6.75. The molecule has 1 aliphatic heterocycles. The SMILES string of the molecule is COc1ccc(S(=O)(=O)N2CCc3nc(-c4cnn(C)c4)nc(C)c3C2)cc1. The number of sulfonamides is 1. The first kappa shape index (κ1) is 18.6. The molecule has 2 aromatic heterocycles. The predicted molar refractivity (Wildman–Crippen MR) is 103 cm³/mol. The van der Waals surface area contributed by atoms with Crippen LogP contribution in [0.3, 0.4) is 0 Å². The van der Waals surface area contributed by atoms with E-state index in [9.17, 15) is 8.42 Å². The van der Waals surface area contributed by atoms with Crippen molar-refractivity contribution in [1.82, 2.24) is 24.1 Å². The maximum absolute atomic E-state index is 13.0. The van der Waals surface area contributed by atoms with Crippen LogP contribution < -0.4 is 4.74 Å². The maximum Gasteiger partial charge on any atom is 0.243 e. The van der Waals surface area contributed by atoms with Crippen LogP contribution in [0.5, 0.6) is 5.75 Å². The van der Waals surface area contributed by atoms with Crippen LogP contribution in [0.4, 0.5) is 0 Å².